The number of benzene rings is 1. The van der Waals surface area contributed by atoms with E-state index in [0.717, 1.165) is 23.7 Å². The fourth-order valence-electron chi connectivity index (χ4n) is 3.90. The molecule has 29 heavy (non-hydrogen) atoms. The number of hydrogen-bond acceptors (Lipinski definition) is 4. The second kappa shape index (κ2) is 8.84. The van der Waals surface area contributed by atoms with Crippen LogP contribution in [0.3, 0.4) is 0 Å². The molecule has 5 nitrogen and oxygen atoms in total. The summed E-state index contributed by atoms with van der Waals surface area (Å²) in [5.41, 5.74) is -0.594. The number of imide groups is 1. The van der Waals surface area contributed by atoms with Crippen LogP contribution in [0.5, 0.6) is 0 Å². The van der Waals surface area contributed by atoms with Gasteiger partial charge in [-0.25, -0.2) is 9.69 Å². The highest BCUT2D eigenvalue weighted by atomic mass is 28.4. The van der Waals surface area contributed by atoms with Gasteiger partial charge in [-0.05, 0) is 51.4 Å². The fraction of sp³-hybridized carbons (Fsp3) is 0.565. The van der Waals surface area contributed by atoms with Crippen molar-refractivity contribution in [3.63, 3.8) is 0 Å². The van der Waals surface area contributed by atoms with Gasteiger partial charge in [0.1, 0.15) is 11.2 Å². The number of rotatable bonds is 7. The van der Waals surface area contributed by atoms with Crippen molar-refractivity contribution >= 4 is 20.3 Å². The lowest BCUT2D eigenvalue weighted by Gasteiger charge is -2.45. The quantitative estimate of drug-likeness (QED) is 0.540. The Kier molecular flexibility index (Phi) is 7.12. The molecule has 1 aromatic rings. The van der Waals surface area contributed by atoms with E-state index in [9.17, 15) is 9.59 Å². The minimum Gasteiger partial charge on any atom is -0.443 e. The van der Waals surface area contributed by atoms with Crippen LogP contribution in [0.25, 0.3) is 0 Å². The van der Waals surface area contributed by atoms with Crippen LogP contribution in [0.4, 0.5) is 4.79 Å². The second-order valence-corrected chi connectivity index (χ2v) is 13.5. The number of amides is 2. The maximum Gasteiger partial charge on any atom is 0.417 e. The Morgan fingerprint density at radius 2 is 1.59 bits per heavy atom. The van der Waals surface area contributed by atoms with Gasteiger partial charge in [0.15, 0.2) is 8.32 Å². The van der Waals surface area contributed by atoms with Gasteiger partial charge in [0.05, 0.1) is 6.04 Å². The first-order chi connectivity index (χ1) is 13.5. The third-order valence-electron chi connectivity index (χ3n) is 5.80. The molecule has 1 aliphatic heterocycles. The maximum absolute atomic E-state index is 12.9. The third kappa shape index (κ3) is 4.98. The van der Waals surface area contributed by atoms with Crippen molar-refractivity contribution in [2.75, 3.05) is 0 Å². The van der Waals surface area contributed by atoms with Crippen LogP contribution in [-0.4, -0.2) is 36.9 Å². The van der Waals surface area contributed by atoms with E-state index < -0.39 is 31.7 Å². The molecule has 0 unspecified atom stereocenters. The first-order valence-corrected chi connectivity index (χ1v) is 13.0. The van der Waals surface area contributed by atoms with E-state index in [0.29, 0.717) is 0 Å². The minimum absolute atomic E-state index is 0.369. The van der Waals surface area contributed by atoms with Crippen LogP contribution in [-0.2, 0) is 19.6 Å². The zero-order chi connectivity index (χ0) is 21.9. The molecule has 1 aromatic carbocycles. The Morgan fingerprint density at radius 1 is 1.03 bits per heavy atom. The van der Waals surface area contributed by atoms with Gasteiger partial charge in [0.2, 0.25) is 0 Å². The van der Waals surface area contributed by atoms with Crippen molar-refractivity contribution in [1.82, 2.24) is 4.90 Å². The van der Waals surface area contributed by atoms with Gasteiger partial charge in [-0.1, -0.05) is 57.2 Å². The Balaban J connectivity index is 2.54. The van der Waals surface area contributed by atoms with Crippen LogP contribution in [0.1, 0.15) is 54.0 Å². The molecule has 0 saturated heterocycles. The lowest BCUT2D eigenvalue weighted by atomic mass is 9.88. The van der Waals surface area contributed by atoms with Crippen LogP contribution in [0.2, 0.25) is 18.1 Å². The molecule has 0 aromatic heterocycles. The minimum atomic E-state index is -2.06. The van der Waals surface area contributed by atoms with Gasteiger partial charge < -0.3 is 9.16 Å². The summed E-state index contributed by atoms with van der Waals surface area (Å²) in [6.07, 6.45) is 2.59. The average molecular weight is 418 g/mol. The van der Waals surface area contributed by atoms with E-state index in [1.807, 2.05) is 37.3 Å². The highest BCUT2D eigenvalue weighted by molar-refractivity contribution is 6.73. The van der Waals surface area contributed by atoms with Gasteiger partial charge in [-0.15, -0.1) is 0 Å². The summed E-state index contributed by atoms with van der Waals surface area (Å²) >= 11 is 0. The smallest absolute Gasteiger partial charge is 0.417 e. The Hall–Kier alpha value is -1.92. The van der Waals surface area contributed by atoms with Crippen LogP contribution in [0.15, 0.2) is 42.5 Å². The number of carbonyl (C=O) groups excluding carboxylic acids is 2. The van der Waals surface area contributed by atoms with Gasteiger partial charge in [0.25, 0.3) is 5.91 Å². The zero-order valence-electron chi connectivity index (χ0n) is 18.8. The predicted octanol–water partition coefficient (Wildman–Crippen LogP) is 5.63. The topological polar surface area (TPSA) is 55.8 Å². The lowest BCUT2D eigenvalue weighted by Crippen LogP contribution is -2.56. The second-order valence-electron chi connectivity index (χ2n) is 8.81. The molecule has 1 aliphatic rings. The molecule has 0 N–H and O–H groups in total. The first kappa shape index (κ1) is 23.4. The largest absolute Gasteiger partial charge is 0.443 e. The molecule has 2 atom stereocenters. The van der Waals surface area contributed by atoms with Crippen molar-refractivity contribution in [2.45, 2.75) is 83.8 Å². The molecule has 0 aliphatic carbocycles. The SMILES string of the molecule is CC[Si](CC)(CC)O[C@](C)(c1ccccc1)[C@H]1C=CC(=O)N1C(=O)OC(C)(C)C. The molecule has 0 spiro atoms. The van der Waals surface area contributed by atoms with Crippen molar-refractivity contribution in [2.24, 2.45) is 0 Å². The van der Waals surface area contributed by atoms with Crippen molar-refractivity contribution in [1.29, 1.82) is 0 Å². The Bertz CT molecular complexity index is 744. The molecular weight excluding hydrogens is 382 g/mol. The summed E-state index contributed by atoms with van der Waals surface area (Å²) in [5, 5.41) is 0. The van der Waals surface area contributed by atoms with Crippen molar-refractivity contribution < 1.29 is 18.8 Å². The van der Waals surface area contributed by atoms with Gasteiger partial charge in [-0.2, -0.15) is 0 Å². The van der Waals surface area contributed by atoms with Crippen molar-refractivity contribution in [3.05, 3.63) is 48.0 Å². The first-order valence-electron chi connectivity index (χ1n) is 10.5. The summed E-state index contributed by atoms with van der Waals surface area (Å²) < 4.78 is 12.5. The monoisotopic (exact) mass is 417 g/mol. The van der Waals surface area contributed by atoms with Crippen molar-refractivity contribution in [3.8, 4) is 0 Å². The van der Waals surface area contributed by atoms with E-state index in [1.165, 1.54) is 11.0 Å². The normalized spacial score (nSPS) is 19.3. The number of hydrogen-bond donors (Lipinski definition) is 0. The molecule has 0 saturated carbocycles. The summed E-state index contributed by atoms with van der Waals surface area (Å²) in [6.45, 7) is 13.9. The maximum atomic E-state index is 12.9. The standard InChI is InChI=1S/C23H35NO4Si/c1-8-29(9-2,10-3)28-23(7,18-14-12-11-13-15-18)19-16-17-20(25)24(19)21(26)27-22(4,5)6/h11-17,19H,8-10H2,1-7H3/t19-,23-/m1/s1. The van der Waals surface area contributed by atoms with E-state index in [4.69, 9.17) is 9.16 Å². The van der Waals surface area contributed by atoms with E-state index in [1.54, 1.807) is 26.8 Å². The number of ether oxygens (including phenoxy) is 1. The summed E-state index contributed by atoms with van der Waals surface area (Å²) in [5.74, 6) is -0.369. The molecule has 0 fully saturated rings. The lowest BCUT2D eigenvalue weighted by molar-refractivity contribution is -0.129. The Morgan fingerprint density at radius 3 is 2.07 bits per heavy atom. The summed E-state index contributed by atoms with van der Waals surface area (Å²) in [6, 6.07) is 12.2. The Labute approximate surface area is 176 Å². The highest BCUT2D eigenvalue weighted by Gasteiger charge is 2.50. The van der Waals surface area contributed by atoms with E-state index in [2.05, 4.69) is 20.8 Å². The van der Waals surface area contributed by atoms with Crippen LogP contribution in [0, 0.1) is 0 Å². The molecule has 160 valence electrons. The molecule has 0 bridgehead atoms. The van der Waals surface area contributed by atoms with Crippen LogP contribution >= 0.6 is 0 Å². The predicted molar refractivity (Wildman–Crippen MR) is 118 cm³/mol. The molecule has 2 rings (SSSR count). The molecular formula is C23H35NO4Si. The third-order valence-corrected chi connectivity index (χ3v) is 10.5. The molecule has 2 amide bonds. The summed E-state index contributed by atoms with van der Waals surface area (Å²) in [4.78, 5) is 26.8. The van der Waals surface area contributed by atoms with E-state index in [-0.39, 0.29) is 5.91 Å². The number of carbonyl (C=O) groups is 2. The zero-order valence-corrected chi connectivity index (χ0v) is 19.8. The molecule has 6 heteroatoms. The average Bonchev–Trinajstić information content (AvgIpc) is 3.08. The molecule has 1 heterocycles. The van der Waals surface area contributed by atoms with E-state index >= 15 is 0 Å². The number of nitrogens with zero attached hydrogens (tertiary/aromatic N) is 1. The van der Waals surface area contributed by atoms with Gasteiger partial charge >= 0.3 is 6.09 Å². The highest BCUT2D eigenvalue weighted by Crippen LogP contribution is 2.41. The van der Waals surface area contributed by atoms with Crippen LogP contribution < -0.4 is 0 Å². The van der Waals surface area contributed by atoms with Gasteiger partial charge in [-0.3, -0.25) is 4.79 Å². The molecule has 0 radical (unpaired) electrons. The fourth-order valence-corrected chi connectivity index (χ4v) is 6.97. The summed E-state index contributed by atoms with van der Waals surface area (Å²) in [7, 11) is -2.06. The van der Waals surface area contributed by atoms with Gasteiger partial charge in [0, 0.05) is 6.08 Å².